The monoisotopic (exact) mass is 436 g/mol. The first kappa shape index (κ1) is 20.5. The summed E-state index contributed by atoms with van der Waals surface area (Å²) in [4.78, 5) is 14.5. The largest absolute Gasteiger partial charge is 0.484 e. The van der Waals surface area contributed by atoms with Gasteiger partial charge in [0, 0.05) is 19.1 Å². The second-order valence-corrected chi connectivity index (χ2v) is 8.91. The van der Waals surface area contributed by atoms with Crippen molar-refractivity contribution < 1.29 is 14.3 Å². The van der Waals surface area contributed by atoms with E-state index in [1.165, 1.54) is 11.8 Å². The third-order valence-corrected chi connectivity index (χ3v) is 6.18. The first-order valence-corrected chi connectivity index (χ1v) is 11.2. The summed E-state index contributed by atoms with van der Waals surface area (Å²) in [6, 6.07) is 7.76. The number of benzene rings is 1. The van der Waals surface area contributed by atoms with Gasteiger partial charge in [-0.3, -0.25) is 9.36 Å². The Bertz CT molecular complexity index is 863. The van der Waals surface area contributed by atoms with Gasteiger partial charge in [0.05, 0.1) is 23.0 Å². The average molecular weight is 437 g/mol. The van der Waals surface area contributed by atoms with Gasteiger partial charge in [-0.05, 0) is 38.8 Å². The third-order valence-electron chi connectivity index (χ3n) is 4.94. The van der Waals surface area contributed by atoms with Gasteiger partial charge < -0.3 is 14.4 Å². The van der Waals surface area contributed by atoms with E-state index in [4.69, 9.17) is 21.1 Å². The molecule has 2 aromatic rings. The molecular weight excluding hydrogens is 412 g/mol. The Labute approximate surface area is 179 Å². The van der Waals surface area contributed by atoms with E-state index in [-0.39, 0.29) is 18.1 Å². The summed E-state index contributed by atoms with van der Waals surface area (Å²) in [5.41, 5.74) is 0. The van der Waals surface area contributed by atoms with Crippen LogP contribution in [-0.2, 0) is 16.1 Å². The van der Waals surface area contributed by atoms with Gasteiger partial charge >= 0.3 is 0 Å². The highest BCUT2D eigenvalue weighted by Gasteiger charge is 2.31. The second kappa shape index (κ2) is 8.93. The molecule has 29 heavy (non-hydrogen) atoms. The maximum atomic E-state index is 12.7. The summed E-state index contributed by atoms with van der Waals surface area (Å²) in [5, 5.41) is 9.98. The van der Waals surface area contributed by atoms with E-state index in [1.54, 1.807) is 6.07 Å². The van der Waals surface area contributed by atoms with E-state index in [9.17, 15) is 4.79 Å². The molecule has 1 amide bonds. The van der Waals surface area contributed by atoms with Crippen molar-refractivity contribution in [3.05, 3.63) is 35.1 Å². The highest BCUT2D eigenvalue weighted by atomic mass is 35.5. The molecule has 2 unspecified atom stereocenters. The minimum atomic E-state index is 0.0661. The zero-order valence-corrected chi connectivity index (χ0v) is 18.2. The lowest BCUT2D eigenvalue weighted by atomic mass is 10.2. The highest BCUT2D eigenvalue weighted by molar-refractivity contribution is 7.99. The van der Waals surface area contributed by atoms with E-state index in [0.717, 1.165) is 23.8 Å². The van der Waals surface area contributed by atoms with Gasteiger partial charge in [0.1, 0.15) is 12.4 Å². The number of carbonyl (C=O) groups excluding carboxylic acids is 1. The number of ether oxygens (including phenoxy) is 2. The quantitative estimate of drug-likeness (QED) is 0.618. The Morgan fingerprint density at radius 2 is 1.97 bits per heavy atom. The summed E-state index contributed by atoms with van der Waals surface area (Å²) >= 11 is 7.61. The molecule has 2 aliphatic rings. The topological polar surface area (TPSA) is 69.5 Å². The fourth-order valence-electron chi connectivity index (χ4n) is 3.51. The molecule has 1 saturated heterocycles. The molecular formula is C20H25ClN4O3S. The fourth-order valence-corrected chi connectivity index (χ4v) is 4.62. The predicted octanol–water partition coefficient (Wildman–Crippen LogP) is 3.57. The van der Waals surface area contributed by atoms with E-state index in [2.05, 4.69) is 14.8 Å². The first-order valence-electron chi connectivity index (χ1n) is 9.88. The Kier molecular flexibility index (Phi) is 6.32. The summed E-state index contributed by atoms with van der Waals surface area (Å²) in [7, 11) is 0. The van der Waals surface area contributed by atoms with Crippen molar-refractivity contribution in [3.63, 3.8) is 0 Å². The van der Waals surface area contributed by atoms with Crippen molar-refractivity contribution in [2.24, 2.45) is 0 Å². The number of nitrogens with zero attached hydrogens (tertiary/aromatic N) is 4. The minimum Gasteiger partial charge on any atom is -0.484 e. The first-order chi connectivity index (χ1) is 14.0. The number of carbonyl (C=O) groups is 1. The maximum Gasteiger partial charge on any atom is 0.233 e. The van der Waals surface area contributed by atoms with Crippen molar-refractivity contribution in [3.8, 4) is 5.75 Å². The normalized spacial score (nSPS) is 22.0. The molecule has 0 spiro atoms. The number of rotatable bonds is 7. The molecule has 2 fully saturated rings. The average Bonchev–Trinajstić information content (AvgIpc) is 3.45. The van der Waals surface area contributed by atoms with Crippen molar-refractivity contribution >= 4 is 29.3 Å². The van der Waals surface area contributed by atoms with Crippen LogP contribution in [0.3, 0.4) is 0 Å². The molecule has 0 radical (unpaired) electrons. The van der Waals surface area contributed by atoms with Crippen LogP contribution < -0.4 is 4.74 Å². The van der Waals surface area contributed by atoms with E-state index in [1.807, 2.05) is 36.9 Å². The Morgan fingerprint density at radius 1 is 1.24 bits per heavy atom. The van der Waals surface area contributed by atoms with Crippen LogP contribution in [0.2, 0.25) is 5.02 Å². The van der Waals surface area contributed by atoms with Gasteiger partial charge in [0.25, 0.3) is 0 Å². The van der Waals surface area contributed by atoms with Crippen molar-refractivity contribution in [2.75, 3.05) is 18.8 Å². The molecule has 1 aromatic heterocycles. The van der Waals surface area contributed by atoms with Crippen LogP contribution in [0.25, 0.3) is 0 Å². The van der Waals surface area contributed by atoms with Crippen LogP contribution in [0.4, 0.5) is 0 Å². The fraction of sp³-hybridized carbons (Fsp3) is 0.550. The number of thioether (sulfide) groups is 1. The number of para-hydroxylation sites is 1. The molecule has 1 aliphatic carbocycles. The zero-order valence-electron chi connectivity index (χ0n) is 16.6. The molecule has 9 heteroatoms. The van der Waals surface area contributed by atoms with Crippen LogP contribution in [-0.4, -0.2) is 56.6 Å². The Morgan fingerprint density at radius 3 is 2.66 bits per heavy atom. The summed E-state index contributed by atoms with van der Waals surface area (Å²) < 4.78 is 13.7. The van der Waals surface area contributed by atoms with Crippen molar-refractivity contribution in [1.29, 1.82) is 0 Å². The Balaban J connectivity index is 1.39. The highest BCUT2D eigenvalue weighted by Crippen LogP contribution is 2.39. The molecule has 0 bridgehead atoms. The van der Waals surface area contributed by atoms with Gasteiger partial charge in [0.2, 0.25) is 5.91 Å². The summed E-state index contributed by atoms with van der Waals surface area (Å²) in [5.74, 6) is 1.84. The summed E-state index contributed by atoms with van der Waals surface area (Å²) in [6.07, 6.45) is 2.32. The molecule has 7 nitrogen and oxygen atoms in total. The third kappa shape index (κ3) is 5.05. The molecule has 156 valence electrons. The van der Waals surface area contributed by atoms with Crippen LogP contribution in [0.15, 0.2) is 29.4 Å². The molecule has 1 aromatic carbocycles. The van der Waals surface area contributed by atoms with Gasteiger partial charge in [-0.15, -0.1) is 10.2 Å². The van der Waals surface area contributed by atoms with E-state index < -0.39 is 0 Å². The minimum absolute atomic E-state index is 0.0661. The van der Waals surface area contributed by atoms with Crippen LogP contribution >= 0.6 is 23.4 Å². The number of hydrogen-bond acceptors (Lipinski definition) is 6. The van der Waals surface area contributed by atoms with Crippen molar-refractivity contribution in [1.82, 2.24) is 19.7 Å². The SMILES string of the molecule is CC1CN(C(=O)CSc2nnc(COc3ccccc3Cl)n2C2CC2)CC(C)O1. The number of halogens is 1. The molecule has 4 rings (SSSR count). The molecule has 2 heterocycles. The standard InChI is InChI=1S/C20H25ClN4O3S/c1-13-9-24(10-14(2)28-13)19(26)12-29-20-23-22-18(25(20)15-7-8-15)11-27-17-6-4-3-5-16(17)21/h3-6,13-15H,7-12H2,1-2H3. The van der Waals surface area contributed by atoms with Gasteiger partial charge in [-0.2, -0.15) is 0 Å². The van der Waals surface area contributed by atoms with Gasteiger partial charge in [-0.25, -0.2) is 0 Å². The number of hydrogen-bond donors (Lipinski definition) is 0. The lowest BCUT2D eigenvalue weighted by Gasteiger charge is -2.35. The molecule has 1 saturated carbocycles. The lowest BCUT2D eigenvalue weighted by molar-refractivity contribution is -0.140. The van der Waals surface area contributed by atoms with Gasteiger partial charge in [-0.1, -0.05) is 35.5 Å². The van der Waals surface area contributed by atoms with E-state index >= 15 is 0 Å². The number of amides is 1. The van der Waals surface area contributed by atoms with Crippen LogP contribution in [0.5, 0.6) is 5.75 Å². The smallest absolute Gasteiger partial charge is 0.233 e. The number of morpholine rings is 1. The van der Waals surface area contributed by atoms with Gasteiger partial charge in [0.15, 0.2) is 11.0 Å². The number of aromatic nitrogens is 3. The Hall–Kier alpha value is -1.77. The lowest BCUT2D eigenvalue weighted by Crippen LogP contribution is -2.48. The molecule has 1 aliphatic heterocycles. The predicted molar refractivity (Wildman–Crippen MR) is 111 cm³/mol. The molecule has 2 atom stereocenters. The van der Waals surface area contributed by atoms with E-state index in [0.29, 0.717) is 42.3 Å². The molecule has 0 N–H and O–H groups in total. The van der Waals surface area contributed by atoms with Crippen LogP contribution in [0.1, 0.15) is 38.6 Å². The zero-order chi connectivity index (χ0) is 20.4. The summed E-state index contributed by atoms with van der Waals surface area (Å²) in [6.45, 7) is 5.56. The maximum absolute atomic E-state index is 12.7. The second-order valence-electron chi connectivity index (χ2n) is 7.56. The van der Waals surface area contributed by atoms with Crippen LogP contribution in [0, 0.1) is 0 Å². The van der Waals surface area contributed by atoms with Crippen molar-refractivity contribution in [2.45, 2.75) is 56.7 Å².